The first-order chi connectivity index (χ1) is 19.6. The number of aliphatic carboxylic acids is 1. The van der Waals surface area contributed by atoms with Crippen molar-refractivity contribution >= 4 is 29.5 Å². The Morgan fingerprint density at radius 3 is 2.39 bits per heavy atom. The standard InChI is InChI=1S/C33H43ClFN3O3/c1-5-30(37-25(4)27-11-15-28(34)16-12-27)31(36-22-9-7-8-10-33(40)41)19-20-32(39)38(6-2)23-21-24(3)26-13-17-29(35)18-14-26/h5,11-19,22,24,32,39H,6-10,20-21,23H2,1-4H3,(H,40,41)/b30-5+,31-19+,36-22+,37-25+. The van der Waals surface area contributed by atoms with Crippen LogP contribution in [0.3, 0.4) is 0 Å². The van der Waals surface area contributed by atoms with Gasteiger partial charge in [-0.25, -0.2) is 4.39 Å². The van der Waals surface area contributed by atoms with Crippen LogP contribution < -0.4 is 0 Å². The highest BCUT2D eigenvalue weighted by Gasteiger charge is 2.16. The highest BCUT2D eigenvalue weighted by molar-refractivity contribution is 6.30. The lowest BCUT2D eigenvalue weighted by Gasteiger charge is -2.27. The first-order valence-corrected chi connectivity index (χ1v) is 14.6. The maximum absolute atomic E-state index is 13.3. The summed E-state index contributed by atoms with van der Waals surface area (Å²) in [5, 5.41) is 20.6. The summed E-state index contributed by atoms with van der Waals surface area (Å²) in [5.41, 5.74) is 4.15. The van der Waals surface area contributed by atoms with E-state index in [9.17, 15) is 14.3 Å². The number of unbranched alkanes of at least 4 members (excludes halogenated alkanes) is 2. The number of allylic oxidation sites excluding steroid dienone is 1. The molecule has 6 nitrogen and oxygen atoms in total. The second-order valence-electron chi connectivity index (χ2n) is 10.0. The average Bonchev–Trinajstić information content (AvgIpc) is 2.95. The minimum absolute atomic E-state index is 0.139. The summed E-state index contributed by atoms with van der Waals surface area (Å²) >= 11 is 6.04. The van der Waals surface area contributed by atoms with Crippen molar-refractivity contribution in [1.82, 2.24) is 4.90 Å². The second kappa shape index (κ2) is 18.3. The molecule has 2 aromatic rings. The second-order valence-corrected chi connectivity index (χ2v) is 10.4. The van der Waals surface area contributed by atoms with Gasteiger partial charge in [0.1, 0.15) is 12.0 Å². The van der Waals surface area contributed by atoms with Gasteiger partial charge < -0.3 is 10.2 Å². The molecular formula is C33H43ClFN3O3. The predicted molar refractivity (Wildman–Crippen MR) is 167 cm³/mol. The Morgan fingerprint density at radius 2 is 1.78 bits per heavy atom. The Balaban J connectivity index is 2.16. The van der Waals surface area contributed by atoms with Crippen molar-refractivity contribution in [1.29, 1.82) is 0 Å². The molecule has 2 rings (SSSR count). The molecule has 2 unspecified atom stereocenters. The SMILES string of the molecule is C/C=C(/N=C(\C)c1ccc(Cl)cc1)C(=C/CC(O)N(CC)CCC(C)c1ccc(F)cc1)\N=C\CCCCC(=O)O. The van der Waals surface area contributed by atoms with Gasteiger partial charge in [0, 0.05) is 36.3 Å². The molecule has 222 valence electrons. The summed E-state index contributed by atoms with van der Waals surface area (Å²) in [7, 11) is 0. The molecule has 41 heavy (non-hydrogen) atoms. The van der Waals surface area contributed by atoms with Crippen molar-refractivity contribution < 1.29 is 19.4 Å². The van der Waals surface area contributed by atoms with E-state index in [0.29, 0.717) is 48.8 Å². The van der Waals surface area contributed by atoms with Gasteiger partial charge in [0.05, 0.1) is 11.4 Å². The van der Waals surface area contributed by atoms with Crippen LogP contribution >= 0.6 is 11.6 Å². The minimum Gasteiger partial charge on any atom is -0.481 e. The lowest BCUT2D eigenvalue weighted by molar-refractivity contribution is -0.137. The van der Waals surface area contributed by atoms with E-state index < -0.39 is 12.2 Å². The zero-order chi connectivity index (χ0) is 30.2. The number of carboxylic acid groups (broad SMARTS) is 1. The van der Waals surface area contributed by atoms with Crippen LogP contribution in [0.2, 0.25) is 5.02 Å². The van der Waals surface area contributed by atoms with Gasteiger partial charge in [-0.2, -0.15) is 0 Å². The van der Waals surface area contributed by atoms with Crippen molar-refractivity contribution in [2.45, 2.75) is 78.4 Å². The molecule has 0 saturated carbocycles. The maximum atomic E-state index is 13.3. The zero-order valence-electron chi connectivity index (χ0n) is 24.6. The summed E-state index contributed by atoms with van der Waals surface area (Å²) in [5.74, 6) is -0.814. The van der Waals surface area contributed by atoms with Crippen LogP contribution in [0.5, 0.6) is 0 Å². The summed E-state index contributed by atoms with van der Waals surface area (Å²) in [6.07, 6.45) is 8.15. The quantitative estimate of drug-likeness (QED) is 0.0854. The van der Waals surface area contributed by atoms with Gasteiger partial charge in [-0.1, -0.05) is 61.9 Å². The van der Waals surface area contributed by atoms with Crippen LogP contribution in [0.4, 0.5) is 4.39 Å². The number of halogens is 2. The van der Waals surface area contributed by atoms with Crippen LogP contribution in [0, 0.1) is 5.82 Å². The third kappa shape index (κ3) is 12.5. The summed E-state index contributed by atoms with van der Waals surface area (Å²) in [6, 6.07) is 14.1. The molecular weight excluding hydrogens is 541 g/mol. The van der Waals surface area contributed by atoms with Gasteiger partial charge in [0.15, 0.2) is 0 Å². The molecule has 0 spiro atoms. The Hall–Kier alpha value is -3.13. The lowest BCUT2D eigenvalue weighted by Crippen LogP contribution is -2.36. The highest BCUT2D eigenvalue weighted by Crippen LogP contribution is 2.22. The highest BCUT2D eigenvalue weighted by atomic mass is 35.5. The van der Waals surface area contributed by atoms with Crippen LogP contribution in [0.1, 0.15) is 83.3 Å². The number of carbonyl (C=O) groups is 1. The summed E-state index contributed by atoms with van der Waals surface area (Å²) in [4.78, 5) is 22.3. The molecule has 2 atom stereocenters. The van der Waals surface area contributed by atoms with E-state index >= 15 is 0 Å². The van der Waals surface area contributed by atoms with Crippen LogP contribution in [0.25, 0.3) is 0 Å². The van der Waals surface area contributed by atoms with Gasteiger partial charge in [-0.05, 0) is 87.4 Å². The topological polar surface area (TPSA) is 85.5 Å². The van der Waals surface area contributed by atoms with Gasteiger partial charge in [-0.3, -0.25) is 19.7 Å². The van der Waals surface area contributed by atoms with Crippen LogP contribution in [-0.4, -0.2) is 52.3 Å². The average molecular weight is 584 g/mol. The smallest absolute Gasteiger partial charge is 0.303 e. The first-order valence-electron chi connectivity index (χ1n) is 14.2. The number of aliphatic hydroxyl groups excluding tert-OH is 1. The molecule has 8 heteroatoms. The number of carboxylic acids is 1. The minimum atomic E-state index is -0.799. The molecule has 0 saturated heterocycles. The number of nitrogens with zero attached hydrogens (tertiary/aromatic N) is 3. The molecule has 2 aromatic carbocycles. The Labute approximate surface area is 249 Å². The Kier molecular flexibility index (Phi) is 15.2. The molecule has 0 aliphatic carbocycles. The number of aliphatic hydroxyl groups is 1. The number of aliphatic imine (C=N–C) groups is 2. The van der Waals surface area contributed by atoms with Crippen molar-refractivity contribution in [3.05, 3.63) is 94.0 Å². The predicted octanol–water partition coefficient (Wildman–Crippen LogP) is 8.02. The van der Waals surface area contributed by atoms with Crippen molar-refractivity contribution in [2.75, 3.05) is 13.1 Å². The molecule has 0 aromatic heterocycles. The van der Waals surface area contributed by atoms with Crippen LogP contribution in [-0.2, 0) is 4.79 Å². The van der Waals surface area contributed by atoms with E-state index in [0.717, 1.165) is 29.7 Å². The third-order valence-corrected chi connectivity index (χ3v) is 7.18. The third-order valence-electron chi connectivity index (χ3n) is 6.93. The molecule has 0 fully saturated rings. The molecule has 0 amide bonds. The van der Waals surface area contributed by atoms with Gasteiger partial charge >= 0.3 is 5.97 Å². The number of hydrogen-bond acceptors (Lipinski definition) is 5. The van der Waals surface area contributed by atoms with Gasteiger partial charge in [-0.15, -0.1) is 0 Å². The molecule has 2 N–H and O–H groups in total. The van der Waals surface area contributed by atoms with E-state index in [1.165, 1.54) is 12.1 Å². The number of rotatable bonds is 17. The maximum Gasteiger partial charge on any atom is 0.303 e. The Morgan fingerprint density at radius 1 is 1.10 bits per heavy atom. The van der Waals surface area contributed by atoms with Crippen molar-refractivity contribution in [3.8, 4) is 0 Å². The lowest BCUT2D eigenvalue weighted by atomic mass is 9.97. The Bertz CT molecular complexity index is 1210. The fourth-order valence-corrected chi connectivity index (χ4v) is 4.43. The zero-order valence-corrected chi connectivity index (χ0v) is 25.3. The van der Waals surface area contributed by atoms with Crippen molar-refractivity contribution in [3.63, 3.8) is 0 Å². The van der Waals surface area contributed by atoms with E-state index in [1.807, 2.05) is 74.2 Å². The normalized spacial score (nSPS) is 14.6. The van der Waals surface area contributed by atoms with Crippen LogP contribution in [0.15, 0.2) is 82.1 Å². The molecule has 0 heterocycles. The van der Waals surface area contributed by atoms with E-state index in [-0.39, 0.29) is 18.2 Å². The number of benzene rings is 2. The van der Waals surface area contributed by atoms with Gasteiger partial charge in [0.2, 0.25) is 0 Å². The molecule has 0 aliphatic rings. The summed E-state index contributed by atoms with van der Waals surface area (Å²) < 4.78 is 13.3. The number of hydrogen-bond donors (Lipinski definition) is 2. The monoisotopic (exact) mass is 583 g/mol. The fourth-order valence-electron chi connectivity index (χ4n) is 4.31. The first kappa shape index (κ1) is 34.1. The summed E-state index contributed by atoms with van der Waals surface area (Å²) in [6.45, 7) is 9.32. The molecule has 0 radical (unpaired) electrons. The van der Waals surface area contributed by atoms with E-state index in [2.05, 4.69) is 11.9 Å². The van der Waals surface area contributed by atoms with E-state index in [1.54, 1.807) is 6.21 Å². The van der Waals surface area contributed by atoms with E-state index in [4.69, 9.17) is 21.7 Å². The van der Waals surface area contributed by atoms with Crippen molar-refractivity contribution in [2.24, 2.45) is 9.98 Å². The van der Waals surface area contributed by atoms with Gasteiger partial charge in [0.25, 0.3) is 0 Å². The fraction of sp³-hybridized carbons (Fsp3) is 0.424. The molecule has 0 aliphatic heterocycles. The largest absolute Gasteiger partial charge is 0.481 e. The molecule has 0 bridgehead atoms.